The monoisotopic (exact) mass is 298 g/mol. The Morgan fingerprint density at radius 1 is 1.40 bits per heavy atom. The fourth-order valence-electron chi connectivity index (χ4n) is 1.77. The SMILES string of the molecule is CCc1ncc(S(=O)(=O)N(C)Cc2nncn2CC)[nH]1. The van der Waals surface area contributed by atoms with Gasteiger partial charge in [0.25, 0.3) is 10.0 Å². The lowest BCUT2D eigenvalue weighted by molar-refractivity contribution is 0.445. The van der Waals surface area contributed by atoms with E-state index in [0.717, 1.165) is 0 Å². The van der Waals surface area contributed by atoms with Crippen molar-refractivity contribution in [1.29, 1.82) is 0 Å². The van der Waals surface area contributed by atoms with Crippen molar-refractivity contribution in [2.45, 2.75) is 38.4 Å². The molecule has 0 aliphatic rings. The van der Waals surface area contributed by atoms with Crippen molar-refractivity contribution in [2.24, 2.45) is 0 Å². The van der Waals surface area contributed by atoms with Crippen LogP contribution in [0.1, 0.15) is 25.5 Å². The lowest BCUT2D eigenvalue weighted by Gasteiger charge is -2.15. The molecule has 0 unspecified atom stereocenters. The lowest BCUT2D eigenvalue weighted by atomic mass is 10.5. The van der Waals surface area contributed by atoms with E-state index in [1.165, 1.54) is 17.5 Å². The molecule has 0 amide bonds. The van der Waals surface area contributed by atoms with Crippen molar-refractivity contribution in [2.75, 3.05) is 7.05 Å². The van der Waals surface area contributed by atoms with Gasteiger partial charge in [0.2, 0.25) is 0 Å². The average molecular weight is 298 g/mol. The van der Waals surface area contributed by atoms with Gasteiger partial charge < -0.3 is 9.55 Å². The van der Waals surface area contributed by atoms with Crippen LogP contribution >= 0.6 is 0 Å². The first-order chi connectivity index (χ1) is 9.48. The summed E-state index contributed by atoms with van der Waals surface area (Å²) >= 11 is 0. The minimum Gasteiger partial charge on any atom is -0.332 e. The van der Waals surface area contributed by atoms with Crippen LogP contribution in [0.15, 0.2) is 17.6 Å². The molecule has 0 saturated carbocycles. The molecule has 2 aromatic heterocycles. The molecule has 0 saturated heterocycles. The molecule has 1 N–H and O–H groups in total. The summed E-state index contributed by atoms with van der Waals surface area (Å²) in [5.74, 6) is 1.25. The van der Waals surface area contributed by atoms with Crippen molar-refractivity contribution in [3.63, 3.8) is 0 Å². The average Bonchev–Trinajstić information content (AvgIpc) is 3.07. The van der Waals surface area contributed by atoms with Crippen molar-refractivity contribution in [3.05, 3.63) is 24.2 Å². The van der Waals surface area contributed by atoms with Gasteiger partial charge in [0.15, 0.2) is 5.03 Å². The molecule has 2 rings (SSSR count). The first-order valence-electron chi connectivity index (χ1n) is 6.36. The molecule has 9 heteroatoms. The Balaban J connectivity index is 2.21. The topological polar surface area (TPSA) is 96.8 Å². The summed E-state index contributed by atoms with van der Waals surface area (Å²) in [6.07, 6.45) is 3.58. The van der Waals surface area contributed by atoms with Crippen LogP contribution in [0.25, 0.3) is 0 Å². The van der Waals surface area contributed by atoms with Gasteiger partial charge in [-0.3, -0.25) is 0 Å². The van der Waals surface area contributed by atoms with Crippen LogP contribution in [0.3, 0.4) is 0 Å². The number of sulfonamides is 1. The number of nitrogens with one attached hydrogen (secondary N) is 1. The van der Waals surface area contributed by atoms with E-state index < -0.39 is 10.0 Å². The minimum absolute atomic E-state index is 0.0967. The van der Waals surface area contributed by atoms with E-state index in [0.29, 0.717) is 24.6 Å². The fraction of sp³-hybridized carbons (Fsp3) is 0.545. The van der Waals surface area contributed by atoms with E-state index >= 15 is 0 Å². The second-order valence-corrected chi connectivity index (χ2v) is 6.36. The van der Waals surface area contributed by atoms with Crippen molar-refractivity contribution in [3.8, 4) is 0 Å². The van der Waals surface area contributed by atoms with Gasteiger partial charge >= 0.3 is 0 Å². The van der Waals surface area contributed by atoms with Gasteiger partial charge in [-0.15, -0.1) is 10.2 Å². The Morgan fingerprint density at radius 3 is 2.75 bits per heavy atom. The van der Waals surface area contributed by atoms with Gasteiger partial charge in [0, 0.05) is 20.0 Å². The number of aromatic amines is 1. The van der Waals surface area contributed by atoms with E-state index in [2.05, 4.69) is 20.2 Å². The molecule has 8 nitrogen and oxygen atoms in total. The highest BCUT2D eigenvalue weighted by Gasteiger charge is 2.24. The molecule has 0 aliphatic heterocycles. The zero-order valence-electron chi connectivity index (χ0n) is 11.7. The zero-order valence-corrected chi connectivity index (χ0v) is 12.6. The maximum atomic E-state index is 12.4. The summed E-state index contributed by atoms with van der Waals surface area (Å²) < 4.78 is 27.8. The highest BCUT2D eigenvalue weighted by molar-refractivity contribution is 7.89. The predicted octanol–water partition coefficient (Wildman–Crippen LogP) is 0.404. The summed E-state index contributed by atoms with van der Waals surface area (Å²) in [7, 11) is -2.08. The standard InChI is InChI=1S/C11H18N6O2S/c1-4-9-12-6-11(14-9)20(18,19)16(3)7-10-15-13-8-17(10)5-2/h6,8H,4-5,7H2,1-3H3,(H,12,14). The minimum atomic E-state index is -3.60. The number of aromatic nitrogens is 5. The summed E-state index contributed by atoms with van der Waals surface area (Å²) in [6.45, 7) is 4.71. The van der Waals surface area contributed by atoms with Gasteiger partial charge in [-0.1, -0.05) is 6.92 Å². The summed E-state index contributed by atoms with van der Waals surface area (Å²) in [4.78, 5) is 6.83. The van der Waals surface area contributed by atoms with Crippen molar-refractivity contribution < 1.29 is 8.42 Å². The van der Waals surface area contributed by atoms with Gasteiger partial charge in [-0.05, 0) is 6.92 Å². The third kappa shape index (κ3) is 2.73. The van der Waals surface area contributed by atoms with E-state index in [1.54, 1.807) is 10.9 Å². The molecule has 0 aromatic carbocycles. The zero-order chi connectivity index (χ0) is 14.8. The van der Waals surface area contributed by atoms with E-state index in [1.807, 2.05) is 13.8 Å². The Hall–Kier alpha value is -1.74. The molecule has 0 fully saturated rings. The molecule has 0 spiro atoms. The van der Waals surface area contributed by atoms with E-state index in [4.69, 9.17) is 0 Å². The molecular formula is C11H18N6O2S. The Kier molecular flexibility index (Phi) is 4.19. The van der Waals surface area contributed by atoms with Crippen LogP contribution in [0, 0.1) is 0 Å². The molecule has 20 heavy (non-hydrogen) atoms. The second kappa shape index (κ2) is 5.71. The highest BCUT2D eigenvalue weighted by atomic mass is 32.2. The molecule has 2 aromatic rings. The van der Waals surface area contributed by atoms with Crippen LogP contribution in [0.4, 0.5) is 0 Å². The van der Waals surface area contributed by atoms with Crippen LogP contribution in [0.2, 0.25) is 0 Å². The van der Waals surface area contributed by atoms with Crippen LogP contribution in [-0.4, -0.2) is 44.5 Å². The van der Waals surface area contributed by atoms with Gasteiger partial charge in [-0.2, -0.15) is 4.31 Å². The smallest absolute Gasteiger partial charge is 0.260 e. The Bertz CT molecular complexity index is 675. The van der Waals surface area contributed by atoms with Crippen LogP contribution in [0.5, 0.6) is 0 Å². The van der Waals surface area contributed by atoms with Gasteiger partial charge in [0.1, 0.15) is 18.0 Å². The molecular weight excluding hydrogens is 280 g/mol. The highest BCUT2D eigenvalue weighted by Crippen LogP contribution is 2.14. The first-order valence-corrected chi connectivity index (χ1v) is 7.80. The largest absolute Gasteiger partial charge is 0.332 e. The van der Waals surface area contributed by atoms with E-state index in [9.17, 15) is 8.42 Å². The van der Waals surface area contributed by atoms with Gasteiger partial charge in [0.05, 0.1) is 12.7 Å². The number of hydrogen-bond acceptors (Lipinski definition) is 5. The summed E-state index contributed by atoms with van der Waals surface area (Å²) in [5.41, 5.74) is 0. The number of aryl methyl sites for hydroxylation is 2. The Labute approximate surface area is 117 Å². The Morgan fingerprint density at radius 2 is 2.15 bits per heavy atom. The summed E-state index contributed by atoms with van der Waals surface area (Å²) in [5, 5.41) is 7.82. The third-order valence-corrected chi connectivity index (χ3v) is 4.74. The third-order valence-electron chi connectivity index (χ3n) is 3.03. The quantitative estimate of drug-likeness (QED) is 0.833. The molecule has 110 valence electrons. The second-order valence-electron chi connectivity index (χ2n) is 4.34. The molecule has 0 bridgehead atoms. The number of hydrogen-bond donors (Lipinski definition) is 1. The normalized spacial score (nSPS) is 12.2. The maximum Gasteiger partial charge on any atom is 0.260 e. The first kappa shape index (κ1) is 14.7. The number of nitrogens with zero attached hydrogens (tertiary/aromatic N) is 5. The number of H-pyrrole nitrogens is 1. The van der Waals surface area contributed by atoms with Crippen molar-refractivity contribution in [1.82, 2.24) is 29.0 Å². The lowest BCUT2D eigenvalue weighted by Crippen LogP contribution is -2.28. The van der Waals surface area contributed by atoms with E-state index in [-0.39, 0.29) is 11.6 Å². The molecule has 0 aliphatic carbocycles. The van der Waals surface area contributed by atoms with Gasteiger partial charge in [-0.25, -0.2) is 13.4 Å². The number of imidazole rings is 1. The molecule has 0 radical (unpaired) electrons. The fourth-order valence-corrected chi connectivity index (χ4v) is 2.83. The molecule has 2 heterocycles. The van der Waals surface area contributed by atoms with Crippen LogP contribution in [-0.2, 0) is 29.5 Å². The number of rotatable bonds is 6. The van der Waals surface area contributed by atoms with Crippen molar-refractivity contribution >= 4 is 10.0 Å². The predicted molar refractivity (Wildman–Crippen MR) is 72.3 cm³/mol. The maximum absolute atomic E-state index is 12.4. The molecule has 0 atom stereocenters. The summed E-state index contributed by atoms with van der Waals surface area (Å²) in [6, 6.07) is 0. The van der Waals surface area contributed by atoms with Crippen LogP contribution < -0.4 is 0 Å².